The molecule has 31 heavy (non-hydrogen) atoms. The average Bonchev–Trinajstić information content (AvgIpc) is 3.09. The molecule has 0 atom stereocenters. The van der Waals surface area contributed by atoms with Crippen molar-refractivity contribution in [1.29, 1.82) is 0 Å². The summed E-state index contributed by atoms with van der Waals surface area (Å²) in [5.74, 6) is -0.0964. The average molecular weight is 415 g/mol. The van der Waals surface area contributed by atoms with Gasteiger partial charge in [0.05, 0.1) is 10.9 Å². The van der Waals surface area contributed by atoms with Gasteiger partial charge in [0.25, 0.3) is 0 Å². The van der Waals surface area contributed by atoms with Crippen LogP contribution in [0.5, 0.6) is 0 Å². The van der Waals surface area contributed by atoms with Crippen molar-refractivity contribution in [2.45, 2.75) is 13.5 Å². The highest BCUT2D eigenvalue weighted by molar-refractivity contribution is 6.06. The molecule has 1 aliphatic heterocycles. The van der Waals surface area contributed by atoms with E-state index in [1.54, 1.807) is 19.1 Å². The Morgan fingerprint density at radius 2 is 2.00 bits per heavy atom. The number of nitrogens with two attached hydrogens (primary N) is 1. The highest BCUT2D eigenvalue weighted by Gasteiger charge is 2.29. The molecule has 1 fully saturated rings. The minimum absolute atomic E-state index is 0.0952. The largest absolute Gasteiger partial charge is 0.478 e. The van der Waals surface area contributed by atoms with Crippen LogP contribution in [0.25, 0.3) is 32.9 Å². The molecule has 8 heteroatoms. The zero-order valence-corrected chi connectivity index (χ0v) is 16.9. The predicted molar refractivity (Wildman–Crippen MR) is 118 cm³/mol. The molecule has 0 aliphatic carbocycles. The molecule has 3 heterocycles. The summed E-state index contributed by atoms with van der Waals surface area (Å²) in [6.45, 7) is 3.79. The van der Waals surface area contributed by atoms with Gasteiger partial charge in [-0.05, 0) is 28.5 Å². The summed E-state index contributed by atoms with van der Waals surface area (Å²) in [5, 5.41) is 11.8. The first-order valence-corrected chi connectivity index (χ1v) is 10.0. The zero-order chi connectivity index (χ0) is 21.7. The minimum Gasteiger partial charge on any atom is -0.478 e. The highest BCUT2D eigenvalue weighted by atomic mass is 16.4. The monoisotopic (exact) mass is 415 g/mol. The first-order valence-electron chi connectivity index (χ1n) is 10.0. The van der Waals surface area contributed by atoms with Crippen molar-refractivity contribution in [3.8, 4) is 11.1 Å². The van der Waals surface area contributed by atoms with Crippen LogP contribution in [-0.2, 0) is 11.3 Å². The second-order valence-electron chi connectivity index (χ2n) is 7.99. The lowest BCUT2D eigenvalue weighted by Crippen LogP contribution is -2.50. The van der Waals surface area contributed by atoms with Gasteiger partial charge < -0.3 is 20.3 Å². The number of hydrogen-bond acceptors (Lipinski definition) is 5. The molecule has 0 bridgehead atoms. The van der Waals surface area contributed by atoms with E-state index < -0.39 is 5.97 Å². The number of rotatable bonds is 4. The van der Waals surface area contributed by atoms with Gasteiger partial charge in [0, 0.05) is 44.2 Å². The summed E-state index contributed by atoms with van der Waals surface area (Å²) < 4.78 is 2.07. The van der Waals surface area contributed by atoms with Crippen LogP contribution in [0.2, 0.25) is 0 Å². The molecule has 2 aromatic carbocycles. The second kappa shape index (κ2) is 7.09. The Balaban J connectivity index is 1.59. The van der Waals surface area contributed by atoms with E-state index in [4.69, 9.17) is 5.73 Å². The normalized spacial score (nSPS) is 14.2. The Kier molecular flexibility index (Phi) is 4.35. The van der Waals surface area contributed by atoms with Crippen molar-refractivity contribution in [1.82, 2.24) is 19.4 Å². The lowest BCUT2D eigenvalue weighted by molar-refractivity contribution is -0.135. The van der Waals surface area contributed by atoms with Crippen molar-refractivity contribution in [2.24, 2.45) is 5.92 Å². The first kappa shape index (κ1) is 19.0. The Hall–Kier alpha value is -3.94. The molecule has 8 nitrogen and oxygen atoms in total. The third-order valence-electron chi connectivity index (χ3n) is 5.96. The van der Waals surface area contributed by atoms with Gasteiger partial charge in [0.2, 0.25) is 5.91 Å². The molecule has 4 aromatic rings. The molecule has 0 spiro atoms. The Morgan fingerprint density at radius 1 is 1.19 bits per heavy atom. The second-order valence-corrected chi connectivity index (χ2v) is 7.99. The number of carbonyl (C=O) groups excluding carboxylic acids is 1. The van der Waals surface area contributed by atoms with E-state index in [2.05, 4.69) is 14.5 Å². The Morgan fingerprint density at radius 3 is 2.74 bits per heavy atom. The summed E-state index contributed by atoms with van der Waals surface area (Å²) in [4.78, 5) is 33.5. The molecular formula is C23H21N5O3. The highest BCUT2D eigenvalue weighted by Crippen LogP contribution is 2.35. The summed E-state index contributed by atoms with van der Waals surface area (Å²) in [5.41, 5.74) is 9.07. The molecule has 1 amide bonds. The van der Waals surface area contributed by atoms with Crippen molar-refractivity contribution >= 4 is 39.5 Å². The number of benzene rings is 2. The quantitative estimate of drug-likeness (QED) is 0.530. The fourth-order valence-corrected chi connectivity index (χ4v) is 4.36. The summed E-state index contributed by atoms with van der Waals surface area (Å²) in [7, 11) is 0. The van der Waals surface area contributed by atoms with Crippen molar-refractivity contribution in [3.63, 3.8) is 0 Å². The molecule has 0 unspecified atom stereocenters. The third-order valence-corrected chi connectivity index (χ3v) is 5.96. The van der Waals surface area contributed by atoms with Gasteiger partial charge in [-0.3, -0.25) is 4.79 Å². The van der Waals surface area contributed by atoms with E-state index in [1.165, 1.54) is 6.33 Å². The van der Waals surface area contributed by atoms with E-state index >= 15 is 0 Å². The maximum absolute atomic E-state index is 11.5. The van der Waals surface area contributed by atoms with Gasteiger partial charge in [0.1, 0.15) is 17.8 Å². The molecule has 5 rings (SSSR count). The van der Waals surface area contributed by atoms with Crippen molar-refractivity contribution in [2.75, 3.05) is 18.8 Å². The lowest BCUT2D eigenvalue weighted by Gasteiger charge is -2.38. The fraction of sp³-hybridized carbons (Fsp3) is 0.217. The van der Waals surface area contributed by atoms with Gasteiger partial charge in [-0.2, -0.15) is 0 Å². The van der Waals surface area contributed by atoms with Crippen LogP contribution in [0, 0.1) is 5.92 Å². The number of fused-ring (bicyclic) bond motifs is 2. The summed E-state index contributed by atoms with van der Waals surface area (Å²) >= 11 is 0. The molecule has 1 aliphatic rings. The van der Waals surface area contributed by atoms with Gasteiger partial charge in [-0.1, -0.05) is 24.3 Å². The van der Waals surface area contributed by atoms with Gasteiger partial charge in [0.15, 0.2) is 0 Å². The van der Waals surface area contributed by atoms with E-state index in [0.29, 0.717) is 17.1 Å². The van der Waals surface area contributed by atoms with Gasteiger partial charge in [-0.25, -0.2) is 14.8 Å². The number of carboxylic acids is 1. The minimum atomic E-state index is -0.951. The van der Waals surface area contributed by atoms with Crippen LogP contribution < -0.4 is 5.73 Å². The van der Waals surface area contributed by atoms with Crippen LogP contribution in [-0.4, -0.2) is 49.5 Å². The van der Waals surface area contributed by atoms with Crippen LogP contribution in [0.15, 0.2) is 48.9 Å². The maximum Gasteiger partial charge on any atom is 0.336 e. The molecule has 1 saturated heterocycles. The van der Waals surface area contributed by atoms with Crippen molar-refractivity contribution in [3.05, 3.63) is 54.5 Å². The summed E-state index contributed by atoms with van der Waals surface area (Å²) in [6, 6.07) is 10.9. The SMILES string of the molecule is CC(=O)N1CC(Cn2cc(-c3ccc4c(C(=O)O)cccc4c3)c3c(N)ncnc32)C1. The number of amides is 1. The molecule has 0 radical (unpaired) electrons. The number of likely N-dealkylation sites (tertiary alicyclic amines) is 1. The standard InChI is InChI=1S/C23H21N5O3/c1-13(29)27-8-14(9-27)10-28-11-19(20-21(24)25-12-26-22(20)28)16-5-6-17-15(7-16)3-2-4-18(17)23(30)31/h2-7,11-12,14H,8-10H2,1H3,(H,30,31)(H2,24,25,26). The van der Waals surface area contributed by atoms with Crippen LogP contribution in [0.3, 0.4) is 0 Å². The number of aromatic nitrogens is 3. The number of carboxylic acid groups (broad SMARTS) is 1. The predicted octanol–water partition coefficient (Wildman–Crippen LogP) is 3.01. The van der Waals surface area contributed by atoms with Gasteiger partial charge in [-0.15, -0.1) is 0 Å². The number of nitrogens with zero attached hydrogens (tertiary/aromatic N) is 4. The van der Waals surface area contributed by atoms with Gasteiger partial charge >= 0.3 is 5.97 Å². The number of nitrogen functional groups attached to an aromatic ring is 1. The Bertz CT molecular complexity index is 1350. The van der Waals surface area contributed by atoms with Crippen LogP contribution in [0.4, 0.5) is 5.82 Å². The van der Waals surface area contributed by atoms with E-state index in [1.807, 2.05) is 35.4 Å². The molecular weight excluding hydrogens is 394 g/mol. The van der Waals surface area contributed by atoms with Crippen LogP contribution in [0.1, 0.15) is 17.3 Å². The third kappa shape index (κ3) is 3.16. The number of anilines is 1. The first-order chi connectivity index (χ1) is 14.9. The smallest absolute Gasteiger partial charge is 0.336 e. The molecule has 0 saturated carbocycles. The zero-order valence-electron chi connectivity index (χ0n) is 16.9. The molecule has 2 aromatic heterocycles. The van der Waals surface area contributed by atoms with E-state index in [-0.39, 0.29) is 11.5 Å². The van der Waals surface area contributed by atoms with E-state index in [9.17, 15) is 14.7 Å². The van der Waals surface area contributed by atoms with E-state index in [0.717, 1.165) is 47.2 Å². The van der Waals surface area contributed by atoms with Crippen LogP contribution >= 0.6 is 0 Å². The topological polar surface area (TPSA) is 114 Å². The van der Waals surface area contributed by atoms with Crippen molar-refractivity contribution < 1.29 is 14.7 Å². The summed E-state index contributed by atoms with van der Waals surface area (Å²) in [6.07, 6.45) is 3.48. The number of carbonyl (C=O) groups is 2. The molecule has 156 valence electrons. The maximum atomic E-state index is 11.5. The Labute approximate surface area is 177 Å². The number of aromatic carboxylic acids is 1. The number of hydrogen-bond donors (Lipinski definition) is 2. The molecule has 3 N–H and O–H groups in total. The fourth-order valence-electron chi connectivity index (χ4n) is 4.36. The lowest BCUT2D eigenvalue weighted by atomic mass is 9.98.